The molecule has 0 saturated carbocycles. The fourth-order valence-corrected chi connectivity index (χ4v) is 3.57. The van der Waals surface area contributed by atoms with Gasteiger partial charge in [0.2, 0.25) is 0 Å². The van der Waals surface area contributed by atoms with Crippen molar-refractivity contribution < 1.29 is 0 Å². The van der Waals surface area contributed by atoms with Gasteiger partial charge in [-0.3, -0.25) is 0 Å². The van der Waals surface area contributed by atoms with Gasteiger partial charge < -0.3 is 5.32 Å². The Morgan fingerprint density at radius 1 is 1.47 bits per heavy atom. The third-order valence-corrected chi connectivity index (χ3v) is 4.49. The predicted octanol–water partition coefficient (Wildman–Crippen LogP) is 2.59. The highest BCUT2D eigenvalue weighted by Crippen LogP contribution is 2.37. The lowest BCUT2D eigenvalue weighted by molar-refractivity contribution is 0.449. The summed E-state index contributed by atoms with van der Waals surface area (Å²) in [6.07, 6.45) is 3.60. The molecule has 15 heavy (non-hydrogen) atoms. The minimum absolute atomic E-state index is 0.726. The minimum atomic E-state index is 0.726. The molecule has 0 fully saturated rings. The predicted molar refractivity (Wildman–Crippen MR) is 65.6 cm³/mol. The van der Waals surface area contributed by atoms with Gasteiger partial charge in [-0.1, -0.05) is 13.8 Å². The first kappa shape index (κ1) is 11.1. The van der Waals surface area contributed by atoms with Crippen LogP contribution in [0.3, 0.4) is 0 Å². The summed E-state index contributed by atoms with van der Waals surface area (Å²) >= 11 is 1.93. The number of likely N-dealkylation sites (N-methyl/N-ethyl adjacent to an activating group) is 1. The Hall–Kier alpha value is -0.410. The highest BCUT2D eigenvalue weighted by molar-refractivity contribution is 7.11. The molecule has 0 radical (unpaired) electrons. The molecule has 0 amide bonds. The Labute approximate surface area is 96.1 Å². The smallest absolute Gasteiger partial charge is 0.0943 e. The van der Waals surface area contributed by atoms with E-state index in [1.165, 1.54) is 23.5 Å². The van der Waals surface area contributed by atoms with Gasteiger partial charge in [-0.15, -0.1) is 11.3 Å². The van der Waals surface area contributed by atoms with Crippen LogP contribution in [-0.2, 0) is 12.8 Å². The molecule has 1 aliphatic rings. The normalized spacial score (nSPS) is 25.3. The Kier molecular flexibility index (Phi) is 3.42. The van der Waals surface area contributed by atoms with E-state index in [2.05, 4.69) is 19.2 Å². The molecule has 1 heterocycles. The van der Waals surface area contributed by atoms with Crippen LogP contribution in [0.15, 0.2) is 0 Å². The maximum absolute atomic E-state index is 4.77. The van der Waals surface area contributed by atoms with Gasteiger partial charge in [0.1, 0.15) is 0 Å². The molecule has 1 aromatic rings. The van der Waals surface area contributed by atoms with E-state index in [0.29, 0.717) is 0 Å². The Bertz CT molecular complexity index is 332. The van der Waals surface area contributed by atoms with Crippen molar-refractivity contribution in [2.45, 2.75) is 39.0 Å². The molecule has 0 aliphatic heterocycles. The summed E-state index contributed by atoms with van der Waals surface area (Å²) in [4.78, 5) is 6.32. The number of nitrogens with one attached hydrogen (secondary N) is 1. The van der Waals surface area contributed by atoms with Crippen molar-refractivity contribution in [3.05, 3.63) is 15.6 Å². The fraction of sp³-hybridized carbons (Fsp3) is 0.750. The molecule has 2 rings (SSSR count). The zero-order valence-electron chi connectivity index (χ0n) is 9.84. The van der Waals surface area contributed by atoms with Crippen molar-refractivity contribution >= 4 is 11.3 Å². The van der Waals surface area contributed by atoms with Gasteiger partial charge in [0.25, 0.3) is 0 Å². The molecule has 0 saturated heterocycles. The van der Waals surface area contributed by atoms with Crippen LogP contribution in [0, 0.1) is 5.92 Å². The quantitative estimate of drug-likeness (QED) is 0.853. The van der Waals surface area contributed by atoms with Crippen LogP contribution in [0.5, 0.6) is 0 Å². The van der Waals surface area contributed by atoms with Crippen LogP contribution < -0.4 is 5.32 Å². The fourth-order valence-electron chi connectivity index (χ4n) is 2.41. The minimum Gasteiger partial charge on any atom is -0.319 e. The van der Waals surface area contributed by atoms with Gasteiger partial charge in [-0.05, 0) is 31.7 Å². The summed E-state index contributed by atoms with van der Waals surface area (Å²) in [5.74, 6) is 1.54. The van der Waals surface area contributed by atoms with E-state index in [-0.39, 0.29) is 0 Å². The number of thiazole rings is 1. The first-order valence-corrected chi connectivity index (χ1v) is 6.65. The van der Waals surface area contributed by atoms with Crippen LogP contribution in [-0.4, -0.2) is 18.6 Å². The zero-order valence-corrected chi connectivity index (χ0v) is 10.7. The SMILES string of the molecule is CNCCc1nc2c(s1)C(C)CC(C)C2. The van der Waals surface area contributed by atoms with E-state index in [9.17, 15) is 0 Å². The van der Waals surface area contributed by atoms with Crippen LogP contribution in [0.1, 0.15) is 41.8 Å². The van der Waals surface area contributed by atoms with Crippen molar-refractivity contribution in [2.24, 2.45) is 5.92 Å². The topological polar surface area (TPSA) is 24.9 Å². The number of rotatable bonds is 3. The molecular formula is C12H20N2S. The molecule has 2 nitrogen and oxygen atoms in total. The zero-order chi connectivity index (χ0) is 10.8. The molecule has 1 aromatic heterocycles. The van der Waals surface area contributed by atoms with Gasteiger partial charge >= 0.3 is 0 Å². The first-order valence-electron chi connectivity index (χ1n) is 5.83. The maximum atomic E-state index is 4.77. The van der Waals surface area contributed by atoms with Crippen molar-refractivity contribution in [2.75, 3.05) is 13.6 Å². The molecular weight excluding hydrogens is 204 g/mol. The summed E-state index contributed by atoms with van der Waals surface area (Å²) in [6.45, 7) is 5.72. The summed E-state index contributed by atoms with van der Waals surface area (Å²) in [7, 11) is 2.00. The highest BCUT2D eigenvalue weighted by atomic mass is 32.1. The van der Waals surface area contributed by atoms with E-state index in [1.807, 2.05) is 18.4 Å². The van der Waals surface area contributed by atoms with Crippen molar-refractivity contribution in [3.8, 4) is 0 Å². The largest absolute Gasteiger partial charge is 0.319 e. The van der Waals surface area contributed by atoms with E-state index >= 15 is 0 Å². The molecule has 2 unspecified atom stereocenters. The molecule has 0 aromatic carbocycles. The molecule has 3 heteroatoms. The second kappa shape index (κ2) is 4.62. The molecule has 2 atom stereocenters. The third-order valence-electron chi connectivity index (χ3n) is 3.11. The maximum Gasteiger partial charge on any atom is 0.0943 e. The summed E-state index contributed by atoms with van der Waals surface area (Å²) in [5.41, 5.74) is 1.39. The van der Waals surface area contributed by atoms with E-state index in [0.717, 1.165) is 24.8 Å². The molecule has 0 bridgehead atoms. The standard InChI is InChI=1S/C12H20N2S/c1-8-6-9(2)12-10(7-8)14-11(15-12)4-5-13-3/h8-9,13H,4-7H2,1-3H3. The first-order chi connectivity index (χ1) is 7.20. The van der Waals surface area contributed by atoms with E-state index in [1.54, 1.807) is 4.88 Å². The van der Waals surface area contributed by atoms with Crippen LogP contribution in [0.2, 0.25) is 0 Å². The average molecular weight is 224 g/mol. The Balaban J connectivity index is 2.15. The lowest BCUT2D eigenvalue weighted by Crippen LogP contribution is -2.13. The Morgan fingerprint density at radius 3 is 3.00 bits per heavy atom. The highest BCUT2D eigenvalue weighted by Gasteiger charge is 2.25. The van der Waals surface area contributed by atoms with E-state index < -0.39 is 0 Å². The van der Waals surface area contributed by atoms with Gasteiger partial charge in [0.05, 0.1) is 10.7 Å². The number of fused-ring (bicyclic) bond motifs is 1. The van der Waals surface area contributed by atoms with Crippen LogP contribution >= 0.6 is 11.3 Å². The summed E-state index contributed by atoms with van der Waals surface area (Å²) in [5, 5.41) is 4.50. The van der Waals surface area contributed by atoms with Crippen molar-refractivity contribution in [3.63, 3.8) is 0 Å². The summed E-state index contributed by atoms with van der Waals surface area (Å²) in [6, 6.07) is 0. The Morgan fingerprint density at radius 2 is 2.27 bits per heavy atom. The van der Waals surface area contributed by atoms with Crippen molar-refractivity contribution in [1.29, 1.82) is 0 Å². The van der Waals surface area contributed by atoms with Crippen molar-refractivity contribution in [1.82, 2.24) is 10.3 Å². The second-order valence-corrected chi connectivity index (χ2v) is 5.83. The molecule has 0 spiro atoms. The number of hydrogen-bond donors (Lipinski definition) is 1. The second-order valence-electron chi connectivity index (χ2n) is 4.72. The average Bonchev–Trinajstić information content (AvgIpc) is 2.57. The van der Waals surface area contributed by atoms with Gasteiger partial charge in [0, 0.05) is 17.8 Å². The van der Waals surface area contributed by atoms with Gasteiger partial charge in [-0.2, -0.15) is 0 Å². The van der Waals surface area contributed by atoms with Gasteiger partial charge in [-0.25, -0.2) is 4.98 Å². The lowest BCUT2D eigenvalue weighted by atomic mass is 9.86. The lowest BCUT2D eigenvalue weighted by Gasteiger charge is -2.22. The molecule has 1 N–H and O–H groups in total. The number of nitrogens with zero attached hydrogens (tertiary/aromatic N) is 1. The number of hydrogen-bond acceptors (Lipinski definition) is 3. The van der Waals surface area contributed by atoms with Crippen LogP contribution in [0.4, 0.5) is 0 Å². The van der Waals surface area contributed by atoms with Gasteiger partial charge in [0.15, 0.2) is 0 Å². The van der Waals surface area contributed by atoms with Crippen LogP contribution in [0.25, 0.3) is 0 Å². The number of aromatic nitrogens is 1. The molecule has 1 aliphatic carbocycles. The summed E-state index contributed by atoms with van der Waals surface area (Å²) < 4.78 is 0. The monoisotopic (exact) mass is 224 g/mol. The third kappa shape index (κ3) is 2.40. The molecule has 84 valence electrons. The van der Waals surface area contributed by atoms with E-state index in [4.69, 9.17) is 4.98 Å².